The first-order valence-electron chi connectivity index (χ1n) is 16.5. The molecular weight excluding hydrogens is 656 g/mol. The summed E-state index contributed by atoms with van der Waals surface area (Å²) in [4.78, 5) is 33.2. The molecule has 8 heteroatoms. The number of methoxy groups -OCH3 is 5. The lowest BCUT2D eigenvalue weighted by Crippen LogP contribution is -1.92. The summed E-state index contributed by atoms with van der Waals surface area (Å²) in [5, 5.41) is 4.37. The van der Waals surface area contributed by atoms with E-state index in [1.165, 1.54) is 0 Å². The minimum Gasteiger partial charge on any atom is -0.497 e. The Morgan fingerprint density at radius 3 is 1.12 bits per heavy atom. The number of Topliss-reactive ketones (excluding diaryl/α,β-unsaturated/α-hetero) is 3. The summed E-state index contributed by atoms with van der Waals surface area (Å²) >= 11 is 0. The fourth-order valence-electron chi connectivity index (χ4n) is 4.88. The number of rotatable bonds is 9. The molecule has 0 aliphatic carbocycles. The summed E-state index contributed by atoms with van der Waals surface area (Å²) in [6.45, 7) is 5.32. The van der Waals surface area contributed by atoms with Crippen molar-refractivity contribution in [3.05, 3.63) is 144 Å². The van der Waals surface area contributed by atoms with Gasteiger partial charge >= 0.3 is 0 Å². The summed E-state index contributed by atoms with van der Waals surface area (Å²) in [6.07, 6.45) is 0. The van der Waals surface area contributed by atoms with Gasteiger partial charge in [0.1, 0.15) is 23.0 Å². The quantitative estimate of drug-likeness (QED) is 0.137. The van der Waals surface area contributed by atoms with Gasteiger partial charge in [-0.2, -0.15) is 0 Å². The highest BCUT2D eigenvalue weighted by Crippen LogP contribution is 2.22. The van der Waals surface area contributed by atoms with Crippen LogP contribution in [0.15, 0.2) is 121 Å². The van der Waals surface area contributed by atoms with Crippen molar-refractivity contribution in [3.8, 4) is 23.0 Å². The molecule has 0 N–H and O–H groups in total. The number of ketones is 3. The van der Waals surface area contributed by atoms with Crippen molar-refractivity contribution >= 4 is 38.9 Å². The average molecular weight is 703 g/mol. The molecule has 0 aromatic heterocycles. The molecule has 0 spiro atoms. The Bertz CT molecular complexity index is 2040. The second-order valence-electron chi connectivity index (χ2n) is 11.5. The third kappa shape index (κ3) is 12.4. The van der Waals surface area contributed by atoms with Crippen molar-refractivity contribution in [3.63, 3.8) is 0 Å². The van der Waals surface area contributed by atoms with Gasteiger partial charge in [-0.05, 0) is 127 Å². The van der Waals surface area contributed by atoms with Crippen LogP contribution < -0.4 is 18.9 Å². The second kappa shape index (κ2) is 20.6. The molecule has 0 atom stereocenters. The number of carbonyl (C=O) groups is 3. The predicted octanol–water partition coefficient (Wildman–Crippen LogP) is 9.84. The molecule has 8 nitrogen and oxygen atoms in total. The SMILES string of the molecule is COCc1ccc2cc(C(C)=O)ccc2c1.COc1ccc(C(C)=O)cc1.COc1ccc(OC)cc1.COc1ccc2cc(C(C)=O)ccc2c1. The highest BCUT2D eigenvalue weighted by molar-refractivity contribution is 5.99. The number of hydrogen-bond donors (Lipinski definition) is 0. The lowest BCUT2D eigenvalue weighted by molar-refractivity contribution is 0.100. The van der Waals surface area contributed by atoms with Crippen LogP contribution >= 0.6 is 0 Å². The Morgan fingerprint density at radius 1 is 0.385 bits per heavy atom. The van der Waals surface area contributed by atoms with E-state index in [1.54, 1.807) is 80.6 Å². The molecule has 0 aliphatic heterocycles. The second-order valence-corrected chi connectivity index (χ2v) is 11.5. The van der Waals surface area contributed by atoms with E-state index in [1.807, 2.05) is 91.0 Å². The van der Waals surface area contributed by atoms with Gasteiger partial charge in [0.15, 0.2) is 17.3 Å². The summed E-state index contributed by atoms with van der Waals surface area (Å²) in [5.41, 5.74) is 3.36. The van der Waals surface area contributed by atoms with Crippen molar-refractivity contribution in [2.75, 3.05) is 35.5 Å². The Labute approximate surface area is 305 Å². The first-order valence-corrected chi connectivity index (χ1v) is 16.5. The zero-order valence-electron chi connectivity index (χ0n) is 31.0. The van der Waals surface area contributed by atoms with E-state index in [-0.39, 0.29) is 17.3 Å². The molecule has 0 amide bonds. The molecular formula is C44H46O8. The molecule has 270 valence electrons. The highest BCUT2D eigenvalue weighted by atomic mass is 16.5. The molecule has 52 heavy (non-hydrogen) atoms. The molecule has 6 aromatic carbocycles. The van der Waals surface area contributed by atoms with Gasteiger partial charge in [-0.1, -0.05) is 42.5 Å². The monoisotopic (exact) mass is 702 g/mol. The summed E-state index contributed by atoms with van der Waals surface area (Å²) < 4.78 is 25.1. The van der Waals surface area contributed by atoms with Crippen LogP contribution in [0.1, 0.15) is 57.4 Å². The van der Waals surface area contributed by atoms with Crippen LogP contribution in [0.5, 0.6) is 23.0 Å². The van der Waals surface area contributed by atoms with Gasteiger partial charge in [-0.3, -0.25) is 14.4 Å². The first-order chi connectivity index (χ1) is 25.0. The van der Waals surface area contributed by atoms with E-state index in [0.29, 0.717) is 12.2 Å². The lowest BCUT2D eigenvalue weighted by Gasteiger charge is -2.04. The van der Waals surface area contributed by atoms with E-state index in [2.05, 4.69) is 6.07 Å². The third-order valence-electron chi connectivity index (χ3n) is 7.87. The largest absolute Gasteiger partial charge is 0.497 e. The predicted molar refractivity (Wildman–Crippen MR) is 208 cm³/mol. The molecule has 0 unspecified atom stereocenters. The minimum absolute atomic E-state index is 0.0765. The Balaban J connectivity index is 0.000000190. The molecule has 0 radical (unpaired) electrons. The van der Waals surface area contributed by atoms with E-state index >= 15 is 0 Å². The van der Waals surface area contributed by atoms with Gasteiger partial charge in [-0.25, -0.2) is 0 Å². The molecule has 6 aromatic rings. The van der Waals surface area contributed by atoms with Crippen molar-refractivity contribution in [1.29, 1.82) is 0 Å². The lowest BCUT2D eigenvalue weighted by atomic mass is 10.0. The molecule has 0 fully saturated rings. The number of ether oxygens (including phenoxy) is 5. The standard InChI is InChI=1S/C14H14O2.C13H12O2.C9H10O2.C8H10O2/c1-10(15)12-5-6-13-7-11(9-16-2)3-4-14(13)8-12;1-9(14)10-3-4-12-8-13(15-2)6-5-11(12)7-10;1-7(10)8-3-5-9(11-2)6-4-8;1-9-7-3-5-8(10-2)6-4-7/h3-8H,9H2,1-2H3;3-8H,1-2H3;3-6H,1-2H3;3-6H,1-2H3. The maximum Gasteiger partial charge on any atom is 0.159 e. The van der Waals surface area contributed by atoms with Crippen molar-refractivity contribution in [1.82, 2.24) is 0 Å². The number of carbonyl (C=O) groups excluding carboxylic acids is 3. The van der Waals surface area contributed by atoms with Crippen LogP contribution in [-0.2, 0) is 11.3 Å². The fourth-order valence-corrected chi connectivity index (χ4v) is 4.88. The zero-order valence-corrected chi connectivity index (χ0v) is 31.0. The van der Waals surface area contributed by atoms with E-state index in [0.717, 1.165) is 61.2 Å². The first kappa shape index (κ1) is 40.4. The van der Waals surface area contributed by atoms with Crippen LogP contribution in [0.4, 0.5) is 0 Å². The summed E-state index contributed by atoms with van der Waals surface area (Å²) in [5.74, 6) is 3.57. The minimum atomic E-state index is 0.0765. The summed E-state index contributed by atoms with van der Waals surface area (Å²) in [7, 11) is 8.21. The smallest absolute Gasteiger partial charge is 0.159 e. The van der Waals surface area contributed by atoms with Crippen LogP contribution in [0.25, 0.3) is 21.5 Å². The molecule has 0 bridgehead atoms. The van der Waals surface area contributed by atoms with E-state index in [4.69, 9.17) is 23.7 Å². The van der Waals surface area contributed by atoms with Crippen molar-refractivity contribution < 1.29 is 38.1 Å². The number of benzene rings is 6. The van der Waals surface area contributed by atoms with E-state index in [9.17, 15) is 14.4 Å². The normalized spacial score (nSPS) is 9.92. The maximum atomic E-state index is 11.2. The Hall–Kier alpha value is -5.99. The average Bonchev–Trinajstić information content (AvgIpc) is 3.18. The molecule has 0 saturated heterocycles. The number of hydrogen-bond acceptors (Lipinski definition) is 8. The topological polar surface area (TPSA) is 97.4 Å². The van der Waals surface area contributed by atoms with E-state index < -0.39 is 0 Å². The van der Waals surface area contributed by atoms with Crippen LogP contribution in [-0.4, -0.2) is 52.9 Å². The van der Waals surface area contributed by atoms with Gasteiger partial charge < -0.3 is 23.7 Å². The van der Waals surface area contributed by atoms with Crippen molar-refractivity contribution in [2.45, 2.75) is 27.4 Å². The highest BCUT2D eigenvalue weighted by Gasteiger charge is 2.03. The Kier molecular flexibility index (Phi) is 16.0. The van der Waals surface area contributed by atoms with Gasteiger partial charge in [0, 0.05) is 23.8 Å². The molecule has 0 heterocycles. The molecule has 6 rings (SSSR count). The molecule has 0 aliphatic rings. The van der Waals surface area contributed by atoms with Gasteiger partial charge in [0.05, 0.1) is 35.0 Å². The zero-order chi connectivity index (χ0) is 38.0. The van der Waals surface area contributed by atoms with Crippen LogP contribution in [0, 0.1) is 0 Å². The maximum absolute atomic E-state index is 11.2. The van der Waals surface area contributed by atoms with Crippen LogP contribution in [0.3, 0.4) is 0 Å². The van der Waals surface area contributed by atoms with Gasteiger partial charge in [0.25, 0.3) is 0 Å². The Morgan fingerprint density at radius 2 is 0.712 bits per heavy atom. The summed E-state index contributed by atoms with van der Waals surface area (Å²) in [6, 6.07) is 37.9. The van der Waals surface area contributed by atoms with Crippen molar-refractivity contribution in [2.24, 2.45) is 0 Å². The third-order valence-corrected chi connectivity index (χ3v) is 7.87. The van der Waals surface area contributed by atoms with Gasteiger partial charge in [-0.15, -0.1) is 0 Å². The van der Waals surface area contributed by atoms with Gasteiger partial charge in [0.2, 0.25) is 0 Å². The fraction of sp³-hybridized carbons (Fsp3) is 0.205. The van der Waals surface area contributed by atoms with Crippen LogP contribution in [0.2, 0.25) is 0 Å². The number of fused-ring (bicyclic) bond motifs is 2. The molecule has 0 saturated carbocycles.